The Kier molecular flexibility index (Phi) is 4.61. The lowest BCUT2D eigenvalue weighted by atomic mass is 9.65. The van der Waals surface area contributed by atoms with E-state index >= 15 is 0 Å². The van der Waals surface area contributed by atoms with Crippen molar-refractivity contribution in [3.05, 3.63) is 48.2 Å². The summed E-state index contributed by atoms with van der Waals surface area (Å²) in [6, 6.07) is 12.2. The molecule has 31 heavy (non-hydrogen) atoms. The number of nitrogens with zero attached hydrogens (tertiary/aromatic N) is 1. The van der Waals surface area contributed by atoms with Crippen LogP contribution < -0.4 is 0 Å². The van der Waals surface area contributed by atoms with Crippen LogP contribution in [-0.4, -0.2) is 36.0 Å². The molecule has 1 amide bonds. The maximum atomic E-state index is 12.9. The molecular weight excluding hydrogens is 390 g/mol. The van der Waals surface area contributed by atoms with Crippen molar-refractivity contribution in [3.8, 4) is 0 Å². The van der Waals surface area contributed by atoms with Gasteiger partial charge in [0.05, 0.1) is 12.7 Å². The van der Waals surface area contributed by atoms with E-state index in [0.29, 0.717) is 0 Å². The normalized spacial score (nSPS) is 24.6. The molecule has 0 spiro atoms. The number of carbonyl (C=O) groups excluding carboxylic acids is 2. The first-order valence-electron chi connectivity index (χ1n) is 11.1. The third kappa shape index (κ3) is 3.71. The van der Waals surface area contributed by atoms with Crippen LogP contribution in [0.3, 0.4) is 0 Å². The Morgan fingerprint density at radius 2 is 1.94 bits per heavy atom. The molecule has 2 heterocycles. The number of ether oxygens (including phenoxy) is 1. The van der Waals surface area contributed by atoms with Crippen LogP contribution in [0.15, 0.2) is 47.1 Å². The molecule has 2 bridgehead atoms. The van der Waals surface area contributed by atoms with Gasteiger partial charge in [0.15, 0.2) is 6.61 Å². The third-order valence-corrected chi connectivity index (χ3v) is 6.97. The number of benzene rings is 2. The highest BCUT2D eigenvalue weighted by Crippen LogP contribution is 2.52. The van der Waals surface area contributed by atoms with Crippen LogP contribution in [0.5, 0.6) is 0 Å². The van der Waals surface area contributed by atoms with E-state index in [9.17, 15) is 9.59 Å². The van der Waals surface area contributed by atoms with E-state index in [4.69, 9.17) is 9.15 Å². The number of hydrogen-bond acceptors (Lipinski definition) is 4. The predicted octanol–water partition coefficient (Wildman–Crippen LogP) is 5.10. The second kappa shape index (κ2) is 7.11. The SMILES string of the molecule is CC1(C)C[C@H]2C[C@](C)(CN2C(=O)COC(=O)Cc2coc3ccc4ccccc4c23)C1. The Balaban J connectivity index is 1.26. The number of furan rings is 1. The molecule has 5 heteroatoms. The summed E-state index contributed by atoms with van der Waals surface area (Å²) in [4.78, 5) is 27.4. The average molecular weight is 420 g/mol. The van der Waals surface area contributed by atoms with Crippen LogP contribution in [0, 0.1) is 10.8 Å². The van der Waals surface area contributed by atoms with E-state index in [0.717, 1.165) is 53.1 Å². The topological polar surface area (TPSA) is 59.8 Å². The van der Waals surface area contributed by atoms with E-state index in [-0.39, 0.29) is 35.8 Å². The molecule has 1 saturated heterocycles. The Bertz CT molecular complexity index is 1180. The summed E-state index contributed by atoms with van der Waals surface area (Å²) < 4.78 is 11.1. The van der Waals surface area contributed by atoms with Gasteiger partial charge in [-0.3, -0.25) is 9.59 Å². The van der Waals surface area contributed by atoms with Crippen molar-refractivity contribution in [1.82, 2.24) is 4.90 Å². The molecular formula is C26H29NO4. The number of hydrogen-bond donors (Lipinski definition) is 0. The van der Waals surface area contributed by atoms with Crippen LogP contribution in [0.2, 0.25) is 0 Å². The van der Waals surface area contributed by atoms with E-state index in [1.807, 2.05) is 41.3 Å². The van der Waals surface area contributed by atoms with Gasteiger partial charge in [-0.15, -0.1) is 0 Å². The molecule has 1 aliphatic heterocycles. The van der Waals surface area contributed by atoms with Crippen molar-refractivity contribution in [1.29, 1.82) is 0 Å². The van der Waals surface area contributed by atoms with Crippen LogP contribution in [0.4, 0.5) is 0 Å². The van der Waals surface area contributed by atoms with Gasteiger partial charge >= 0.3 is 5.97 Å². The lowest BCUT2D eigenvalue weighted by molar-refractivity contribution is -0.152. The zero-order valence-corrected chi connectivity index (χ0v) is 18.4. The number of esters is 1. The second-order valence-electron chi connectivity index (χ2n) is 10.5. The van der Waals surface area contributed by atoms with Gasteiger partial charge in [-0.25, -0.2) is 0 Å². The molecule has 5 nitrogen and oxygen atoms in total. The molecule has 2 aliphatic rings. The standard InChI is InChI=1S/C26H29NO4/c1-25(2)11-19-12-26(3,15-25)16-27(19)22(28)14-31-23(29)10-18-13-30-21-9-8-17-6-4-5-7-20(17)24(18)21/h4-9,13,19H,10-12,14-16H2,1-3H3/t19-,26-/m0/s1. The minimum Gasteiger partial charge on any atom is -0.464 e. The third-order valence-electron chi connectivity index (χ3n) is 6.97. The van der Waals surface area contributed by atoms with Gasteiger partial charge < -0.3 is 14.1 Å². The van der Waals surface area contributed by atoms with Gasteiger partial charge in [0.2, 0.25) is 0 Å². The number of likely N-dealkylation sites (tertiary alicyclic amines) is 1. The minimum absolute atomic E-state index is 0.0812. The molecule has 1 saturated carbocycles. The molecule has 2 fully saturated rings. The Labute approximate surface area is 182 Å². The van der Waals surface area contributed by atoms with Gasteiger partial charge in [-0.05, 0) is 46.9 Å². The van der Waals surface area contributed by atoms with E-state index < -0.39 is 5.97 Å². The van der Waals surface area contributed by atoms with Crippen molar-refractivity contribution in [2.24, 2.45) is 10.8 Å². The van der Waals surface area contributed by atoms with Crippen LogP contribution in [0.25, 0.3) is 21.7 Å². The van der Waals surface area contributed by atoms with Gasteiger partial charge in [0.1, 0.15) is 5.58 Å². The minimum atomic E-state index is -0.405. The van der Waals surface area contributed by atoms with Gasteiger partial charge in [0, 0.05) is 23.5 Å². The lowest BCUT2D eigenvalue weighted by Crippen LogP contribution is -2.39. The van der Waals surface area contributed by atoms with Crippen molar-refractivity contribution < 1.29 is 18.7 Å². The highest BCUT2D eigenvalue weighted by atomic mass is 16.5. The van der Waals surface area contributed by atoms with Crippen LogP contribution >= 0.6 is 0 Å². The molecule has 2 atom stereocenters. The predicted molar refractivity (Wildman–Crippen MR) is 120 cm³/mol. The summed E-state index contributed by atoms with van der Waals surface area (Å²) in [5, 5.41) is 3.08. The molecule has 1 aromatic heterocycles. The van der Waals surface area contributed by atoms with E-state index in [1.54, 1.807) is 6.26 Å². The van der Waals surface area contributed by atoms with E-state index in [2.05, 4.69) is 20.8 Å². The smallest absolute Gasteiger partial charge is 0.310 e. The van der Waals surface area contributed by atoms with Crippen molar-refractivity contribution in [3.63, 3.8) is 0 Å². The molecule has 0 unspecified atom stereocenters. The van der Waals surface area contributed by atoms with Gasteiger partial charge in [0.25, 0.3) is 5.91 Å². The summed E-state index contributed by atoms with van der Waals surface area (Å²) in [7, 11) is 0. The Hall–Kier alpha value is -2.82. The first-order valence-corrected chi connectivity index (χ1v) is 11.1. The fraction of sp³-hybridized carbons (Fsp3) is 0.462. The summed E-state index contributed by atoms with van der Waals surface area (Å²) in [6.45, 7) is 7.40. The Morgan fingerprint density at radius 1 is 1.13 bits per heavy atom. The molecule has 3 aromatic rings. The van der Waals surface area contributed by atoms with Crippen LogP contribution in [0.1, 0.15) is 45.6 Å². The largest absolute Gasteiger partial charge is 0.464 e. The van der Waals surface area contributed by atoms with E-state index in [1.165, 1.54) is 0 Å². The zero-order valence-electron chi connectivity index (χ0n) is 18.4. The summed E-state index contributed by atoms with van der Waals surface area (Å²) in [5.41, 5.74) is 1.95. The summed E-state index contributed by atoms with van der Waals surface area (Å²) in [6.07, 6.45) is 4.89. The second-order valence-corrected chi connectivity index (χ2v) is 10.5. The van der Waals surface area contributed by atoms with Crippen LogP contribution in [-0.2, 0) is 20.7 Å². The average Bonchev–Trinajstić information content (AvgIpc) is 3.23. The monoisotopic (exact) mass is 419 g/mol. The molecule has 0 radical (unpaired) electrons. The quantitative estimate of drug-likeness (QED) is 0.552. The first kappa shape index (κ1) is 20.1. The molecule has 162 valence electrons. The first-order chi connectivity index (χ1) is 14.7. The summed E-state index contributed by atoms with van der Waals surface area (Å²) in [5.74, 6) is -0.486. The van der Waals surface area contributed by atoms with Crippen molar-refractivity contribution in [2.75, 3.05) is 13.2 Å². The number of fused-ring (bicyclic) bond motifs is 5. The Morgan fingerprint density at radius 3 is 2.77 bits per heavy atom. The fourth-order valence-electron chi connectivity index (χ4n) is 6.19. The summed E-state index contributed by atoms with van der Waals surface area (Å²) >= 11 is 0. The van der Waals surface area contributed by atoms with Crippen molar-refractivity contribution >= 4 is 33.6 Å². The zero-order chi connectivity index (χ0) is 21.8. The fourth-order valence-corrected chi connectivity index (χ4v) is 6.19. The van der Waals surface area contributed by atoms with Crippen molar-refractivity contribution in [2.45, 2.75) is 52.5 Å². The number of amides is 1. The number of rotatable bonds is 4. The highest BCUT2D eigenvalue weighted by Gasteiger charge is 2.50. The van der Waals surface area contributed by atoms with Gasteiger partial charge in [-0.1, -0.05) is 51.1 Å². The number of carbonyl (C=O) groups is 2. The molecule has 2 aromatic carbocycles. The molecule has 0 N–H and O–H groups in total. The highest BCUT2D eigenvalue weighted by molar-refractivity contribution is 6.08. The molecule has 1 aliphatic carbocycles. The molecule has 5 rings (SSSR count). The van der Waals surface area contributed by atoms with Gasteiger partial charge in [-0.2, -0.15) is 0 Å². The maximum absolute atomic E-state index is 12.9. The maximum Gasteiger partial charge on any atom is 0.310 e. The lowest BCUT2D eigenvalue weighted by Gasteiger charge is -2.39.